The number of hydrogen-bond acceptors (Lipinski definition) is 4. The Morgan fingerprint density at radius 1 is 1.62 bits per heavy atom. The summed E-state index contributed by atoms with van der Waals surface area (Å²) in [7, 11) is 0. The molecule has 84 valence electrons. The van der Waals surface area contributed by atoms with Gasteiger partial charge in [0.2, 0.25) is 0 Å². The van der Waals surface area contributed by atoms with E-state index in [2.05, 4.69) is 12.6 Å². The van der Waals surface area contributed by atoms with Crippen molar-refractivity contribution in [1.82, 2.24) is 0 Å². The number of benzene rings is 1. The molecule has 0 unspecified atom stereocenters. The number of rotatable bonds is 3. The van der Waals surface area contributed by atoms with Crippen LogP contribution in [0.4, 0.5) is 0 Å². The fourth-order valence-corrected chi connectivity index (χ4v) is 1.72. The number of alkyl halides is 1. The van der Waals surface area contributed by atoms with Crippen molar-refractivity contribution in [2.45, 2.75) is 17.7 Å². The lowest BCUT2D eigenvalue weighted by Gasteiger charge is -2.08. The average Bonchev–Trinajstić information content (AvgIpc) is 2.28. The summed E-state index contributed by atoms with van der Waals surface area (Å²) in [6.07, 6.45) is 0. The van der Waals surface area contributed by atoms with Crippen LogP contribution in [0.25, 0.3) is 0 Å². The van der Waals surface area contributed by atoms with Gasteiger partial charge in [-0.2, -0.15) is 5.26 Å². The highest BCUT2D eigenvalue weighted by Crippen LogP contribution is 2.22. The van der Waals surface area contributed by atoms with E-state index >= 15 is 0 Å². The number of esters is 1. The molecule has 1 aromatic carbocycles. The molecule has 0 aromatic heterocycles. The molecule has 16 heavy (non-hydrogen) atoms. The van der Waals surface area contributed by atoms with Crippen molar-refractivity contribution in [3.63, 3.8) is 0 Å². The molecule has 3 nitrogen and oxygen atoms in total. The Morgan fingerprint density at radius 3 is 2.81 bits per heavy atom. The maximum absolute atomic E-state index is 11.6. The van der Waals surface area contributed by atoms with Gasteiger partial charge in [-0.3, -0.25) is 0 Å². The zero-order valence-electron chi connectivity index (χ0n) is 8.66. The van der Waals surface area contributed by atoms with Crippen LogP contribution >= 0.6 is 24.2 Å². The van der Waals surface area contributed by atoms with Gasteiger partial charge in [0.15, 0.2) is 0 Å². The van der Waals surface area contributed by atoms with Gasteiger partial charge in [0.1, 0.15) is 6.07 Å². The third-order valence-corrected chi connectivity index (χ3v) is 2.64. The largest absolute Gasteiger partial charge is 0.462 e. The summed E-state index contributed by atoms with van der Waals surface area (Å²) in [4.78, 5) is 12.1. The fourth-order valence-electron chi connectivity index (χ4n) is 1.23. The summed E-state index contributed by atoms with van der Waals surface area (Å²) in [5, 5.41) is 8.83. The van der Waals surface area contributed by atoms with E-state index in [1.807, 2.05) is 6.07 Å². The molecule has 0 aliphatic heterocycles. The molecule has 0 fully saturated rings. The molecule has 0 atom stereocenters. The maximum Gasteiger partial charge on any atom is 0.338 e. The molecule has 0 spiro atoms. The van der Waals surface area contributed by atoms with Gasteiger partial charge in [-0.05, 0) is 24.6 Å². The SMILES string of the molecule is CCOC(=O)c1cc(C#N)c(S)cc1CCl. The van der Waals surface area contributed by atoms with E-state index < -0.39 is 5.97 Å². The average molecular weight is 256 g/mol. The Kier molecular flexibility index (Phi) is 4.66. The highest BCUT2D eigenvalue weighted by Gasteiger charge is 2.14. The van der Waals surface area contributed by atoms with Crippen LogP contribution in [-0.2, 0) is 10.6 Å². The van der Waals surface area contributed by atoms with E-state index in [0.717, 1.165) is 0 Å². The van der Waals surface area contributed by atoms with Crippen molar-refractivity contribution >= 4 is 30.2 Å². The normalized spacial score (nSPS) is 9.62. The molecule has 0 radical (unpaired) electrons. The first-order chi connectivity index (χ1) is 7.63. The van der Waals surface area contributed by atoms with E-state index in [1.54, 1.807) is 13.0 Å². The standard InChI is InChI=1S/C11H10ClNO2S/c1-2-15-11(14)9-3-8(6-13)10(16)4-7(9)5-12/h3-4,16H,2,5H2,1H3. The van der Waals surface area contributed by atoms with Crippen LogP contribution in [0.1, 0.15) is 28.4 Å². The van der Waals surface area contributed by atoms with Gasteiger partial charge in [-0.1, -0.05) is 0 Å². The Morgan fingerprint density at radius 2 is 2.31 bits per heavy atom. The summed E-state index contributed by atoms with van der Waals surface area (Å²) in [5.41, 5.74) is 1.27. The van der Waals surface area contributed by atoms with E-state index in [4.69, 9.17) is 21.6 Å². The van der Waals surface area contributed by atoms with Gasteiger partial charge < -0.3 is 4.74 Å². The van der Waals surface area contributed by atoms with Gasteiger partial charge in [0.05, 0.1) is 17.7 Å². The van der Waals surface area contributed by atoms with Crippen LogP contribution < -0.4 is 0 Å². The molecule has 0 saturated carbocycles. The number of nitriles is 1. The minimum Gasteiger partial charge on any atom is -0.462 e. The topological polar surface area (TPSA) is 50.1 Å². The number of carbonyl (C=O) groups is 1. The zero-order chi connectivity index (χ0) is 12.1. The lowest BCUT2D eigenvalue weighted by Crippen LogP contribution is -2.08. The molecule has 0 N–H and O–H groups in total. The Labute approximate surface area is 104 Å². The van der Waals surface area contributed by atoms with Crippen molar-refractivity contribution < 1.29 is 9.53 Å². The molecule has 0 heterocycles. The molecule has 0 aliphatic carbocycles. The van der Waals surface area contributed by atoms with Crippen molar-refractivity contribution in [3.8, 4) is 6.07 Å². The third kappa shape index (κ3) is 2.69. The minimum absolute atomic E-state index is 0.174. The van der Waals surface area contributed by atoms with E-state index in [-0.39, 0.29) is 12.5 Å². The van der Waals surface area contributed by atoms with Gasteiger partial charge in [0.25, 0.3) is 0 Å². The van der Waals surface area contributed by atoms with Crippen molar-refractivity contribution in [3.05, 3.63) is 28.8 Å². The van der Waals surface area contributed by atoms with Gasteiger partial charge in [-0.25, -0.2) is 4.79 Å². The number of nitrogens with zero attached hydrogens (tertiary/aromatic N) is 1. The molecule has 0 saturated heterocycles. The van der Waals surface area contributed by atoms with Gasteiger partial charge in [-0.15, -0.1) is 24.2 Å². The number of hydrogen-bond donors (Lipinski definition) is 1. The van der Waals surface area contributed by atoms with Crippen LogP contribution in [0.3, 0.4) is 0 Å². The third-order valence-electron chi connectivity index (χ3n) is 1.98. The van der Waals surface area contributed by atoms with Gasteiger partial charge in [0, 0.05) is 10.8 Å². The van der Waals surface area contributed by atoms with Crippen molar-refractivity contribution in [2.24, 2.45) is 0 Å². The second-order valence-electron chi connectivity index (χ2n) is 2.99. The summed E-state index contributed by atoms with van der Waals surface area (Å²) in [6.45, 7) is 2.00. The highest BCUT2D eigenvalue weighted by atomic mass is 35.5. The Balaban J connectivity index is 3.26. The first-order valence-electron chi connectivity index (χ1n) is 4.63. The summed E-state index contributed by atoms with van der Waals surface area (Å²) >= 11 is 9.86. The molecule has 0 aliphatic rings. The van der Waals surface area contributed by atoms with Crippen LogP contribution in [0.5, 0.6) is 0 Å². The second kappa shape index (κ2) is 5.78. The second-order valence-corrected chi connectivity index (χ2v) is 3.74. The van der Waals surface area contributed by atoms with E-state index in [1.165, 1.54) is 6.07 Å². The predicted molar refractivity (Wildman–Crippen MR) is 63.9 cm³/mol. The van der Waals surface area contributed by atoms with E-state index in [0.29, 0.717) is 21.6 Å². The maximum atomic E-state index is 11.6. The van der Waals surface area contributed by atoms with Crippen molar-refractivity contribution in [2.75, 3.05) is 6.61 Å². The molecular formula is C11H10ClNO2S. The number of halogens is 1. The van der Waals surface area contributed by atoms with E-state index in [9.17, 15) is 4.79 Å². The minimum atomic E-state index is -0.469. The van der Waals surface area contributed by atoms with Gasteiger partial charge >= 0.3 is 5.97 Å². The first-order valence-corrected chi connectivity index (χ1v) is 5.61. The molecule has 5 heteroatoms. The summed E-state index contributed by atoms with van der Waals surface area (Å²) < 4.78 is 4.88. The fraction of sp³-hybridized carbons (Fsp3) is 0.273. The predicted octanol–water partition coefficient (Wildman–Crippen LogP) is 2.76. The zero-order valence-corrected chi connectivity index (χ0v) is 10.3. The lowest BCUT2D eigenvalue weighted by molar-refractivity contribution is 0.0525. The summed E-state index contributed by atoms with van der Waals surface area (Å²) in [5.74, 6) is -0.295. The number of thiol groups is 1. The Hall–Kier alpha value is -1.18. The van der Waals surface area contributed by atoms with Crippen molar-refractivity contribution in [1.29, 1.82) is 5.26 Å². The first kappa shape index (κ1) is 12.9. The quantitative estimate of drug-likeness (QED) is 0.513. The molecular weight excluding hydrogens is 246 g/mol. The number of ether oxygens (including phenoxy) is 1. The van der Waals surface area contributed by atoms with Crippen LogP contribution in [0, 0.1) is 11.3 Å². The lowest BCUT2D eigenvalue weighted by atomic mass is 10.1. The molecule has 0 amide bonds. The molecule has 1 rings (SSSR count). The smallest absolute Gasteiger partial charge is 0.338 e. The number of carbonyl (C=O) groups excluding carboxylic acids is 1. The van der Waals surface area contributed by atoms with Crippen LogP contribution in [0.2, 0.25) is 0 Å². The van der Waals surface area contributed by atoms with Crippen LogP contribution in [-0.4, -0.2) is 12.6 Å². The highest BCUT2D eigenvalue weighted by molar-refractivity contribution is 7.80. The molecule has 0 bridgehead atoms. The monoisotopic (exact) mass is 255 g/mol. The molecule has 1 aromatic rings. The van der Waals surface area contributed by atoms with Crippen LogP contribution in [0.15, 0.2) is 17.0 Å². The Bertz CT molecular complexity index is 454. The summed E-state index contributed by atoms with van der Waals surface area (Å²) in [6, 6.07) is 5.03.